The molecule has 10 nitrogen and oxygen atoms in total. The number of carbonyl (C=O) groups is 4. The summed E-state index contributed by atoms with van der Waals surface area (Å²) in [6, 6.07) is 22.2. The minimum absolute atomic E-state index is 0.0278. The molecule has 0 bridgehead atoms. The number of carboxylic acids is 1. The Bertz CT molecular complexity index is 1610. The summed E-state index contributed by atoms with van der Waals surface area (Å²) in [6.07, 6.45) is -0.434. The van der Waals surface area contributed by atoms with Crippen molar-refractivity contribution in [3.05, 3.63) is 102 Å². The maximum absolute atomic E-state index is 13.2. The van der Waals surface area contributed by atoms with Crippen molar-refractivity contribution in [2.75, 3.05) is 18.5 Å². The molecule has 0 saturated heterocycles. The second kappa shape index (κ2) is 15.4. The molecule has 0 fully saturated rings. The Kier molecular flexibility index (Phi) is 11.6. The summed E-state index contributed by atoms with van der Waals surface area (Å²) in [5.74, 6) is -2.22. The molecule has 0 radical (unpaired) electrons. The van der Waals surface area contributed by atoms with Gasteiger partial charge in [-0.2, -0.15) is 0 Å². The molecular formula is C37H44N2O8Si. The molecular weight excluding hydrogens is 628 g/mol. The van der Waals surface area contributed by atoms with Crippen LogP contribution in [0, 0.1) is 0 Å². The van der Waals surface area contributed by atoms with E-state index in [0.717, 1.165) is 27.8 Å². The number of nitrogens with one attached hydrogen (secondary N) is 2. The summed E-state index contributed by atoms with van der Waals surface area (Å²) < 4.78 is 17.7. The van der Waals surface area contributed by atoms with Crippen molar-refractivity contribution in [1.82, 2.24) is 5.32 Å². The van der Waals surface area contributed by atoms with E-state index in [2.05, 4.69) is 43.2 Å². The van der Waals surface area contributed by atoms with Gasteiger partial charge in [0.05, 0.1) is 12.5 Å². The maximum Gasteiger partial charge on any atom is 0.407 e. The second-order valence-electron chi connectivity index (χ2n) is 12.8. The number of hydrogen-bond donors (Lipinski definition) is 3. The Morgan fingerprint density at radius 3 is 2.06 bits per heavy atom. The van der Waals surface area contributed by atoms with Crippen LogP contribution in [-0.2, 0) is 33.3 Å². The number of esters is 1. The summed E-state index contributed by atoms with van der Waals surface area (Å²) in [5, 5.41) is 13.8. The van der Waals surface area contributed by atoms with Gasteiger partial charge in [-0.15, -0.1) is 0 Å². The summed E-state index contributed by atoms with van der Waals surface area (Å²) >= 11 is 0. The van der Waals surface area contributed by atoms with Crippen LogP contribution >= 0.6 is 0 Å². The quantitative estimate of drug-likeness (QED) is 0.0938. The molecule has 1 aliphatic rings. The highest BCUT2D eigenvalue weighted by atomic mass is 28.4. The summed E-state index contributed by atoms with van der Waals surface area (Å²) in [7, 11) is -2.69. The van der Waals surface area contributed by atoms with Crippen LogP contribution in [0.4, 0.5) is 10.5 Å². The molecule has 2 amide bonds. The zero-order valence-electron chi connectivity index (χ0n) is 28.1. The Balaban J connectivity index is 1.44. The van der Waals surface area contributed by atoms with Gasteiger partial charge in [-0.05, 0) is 60.0 Å². The van der Waals surface area contributed by atoms with Crippen molar-refractivity contribution < 1.29 is 38.2 Å². The van der Waals surface area contributed by atoms with Crippen LogP contribution in [-0.4, -0.2) is 62.7 Å². The average molecular weight is 673 g/mol. The van der Waals surface area contributed by atoms with E-state index in [9.17, 15) is 19.2 Å². The standard InChI is InChI=1S/C37H44N2O8Si/c1-7-22-45-35(43)34(39-36(44)46-23-31-29-14-10-8-12-27(29)28-13-9-11-15-30(28)31)24(2)47-48(5,6)37(3,4)25-16-18-26(19-17-25)38-32(40)20-21-33(41)42/h7-19,24,31,34H,1,20-23H2,2-6H3,(H,38,40)(H,39,44)(H,41,42)/t24-,34+/m1/s1. The number of hydrogen-bond acceptors (Lipinski definition) is 7. The van der Waals surface area contributed by atoms with Crippen LogP contribution in [0.25, 0.3) is 11.1 Å². The molecule has 2 atom stereocenters. The fourth-order valence-electron chi connectivity index (χ4n) is 5.81. The highest BCUT2D eigenvalue weighted by Crippen LogP contribution is 2.44. The van der Waals surface area contributed by atoms with Crippen LogP contribution < -0.4 is 10.6 Å². The number of benzene rings is 3. The summed E-state index contributed by atoms with van der Waals surface area (Å²) in [5.41, 5.74) is 5.88. The molecule has 0 aromatic heterocycles. The van der Waals surface area contributed by atoms with Gasteiger partial charge in [0.25, 0.3) is 0 Å². The minimum Gasteiger partial charge on any atom is -0.481 e. The summed E-state index contributed by atoms with van der Waals surface area (Å²) in [4.78, 5) is 49.3. The van der Waals surface area contributed by atoms with E-state index in [0.29, 0.717) is 5.69 Å². The van der Waals surface area contributed by atoms with Gasteiger partial charge in [-0.25, -0.2) is 9.59 Å². The van der Waals surface area contributed by atoms with Gasteiger partial charge in [-0.3, -0.25) is 9.59 Å². The molecule has 3 aromatic rings. The van der Waals surface area contributed by atoms with Gasteiger partial charge in [-0.1, -0.05) is 87.2 Å². The van der Waals surface area contributed by atoms with E-state index in [1.54, 1.807) is 19.1 Å². The third kappa shape index (κ3) is 8.39. The summed E-state index contributed by atoms with van der Waals surface area (Å²) in [6.45, 7) is 13.6. The first-order valence-electron chi connectivity index (χ1n) is 15.9. The lowest BCUT2D eigenvalue weighted by molar-refractivity contribution is -0.147. The predicted molar refractivity (Wildman–Crippen MR) is 186 cm³/mol. The zero-order chi connectivity index (χ0) is 35.1. The van der Waals surface area contributed by atoms with Crippen molar-refractivity contribution >= 4 is 37.9 Å². The van der Waals surface area contributed by atoms with E-state index < -0.39 is 43.5 Å². The normalized spacial score (nSPS) is 13.8. The number of anilines is 1. The number of fused-ring (bicyclic) bond motifs is 3. The molecule has 11 heteroatoms. The van der Waals surface area contributed by atoms with E-state index in [-0.39, 0.29) is 37.9 Å². The van der Waals surface area contributed by atoms with E-state index in [4.69, 9.17) is 19.0 Å². The lowest BCUT2D eigenvalue weighted by atomic mass is 9.98. The zero-order valence-corrected chi connectivity index (χ0v) is 29.1. The Morgan fingerprint density at radius 1 is 0.917 bits per heavy atom. The molecule has 0 aliphatic heterocycles. The monoisotopic (exact) mass is 672 g/mol. The van der Waals surface area contributed by atoms with Crippen molar-refractivity contribution in [1.29, 1.82) is 0 Å². The fourth-order valence-corrected chi connectivity index (χ4v) is 8.03. The molecule has 1 aliphatic carbocycles. The molecule has 254 valence electrons. The third-order valence-electron chi connectivity index (χ3n) is 9.13. The molecule has 0 saturated carbocycles. The smallest absolute Gasteiger partial charge is 0.407 e. The van der Waals surface area contributed by atoms with E-state index in [1.165, 1.54) is 6.08 Å². The topological polar surface area (TPSA) is 140 Å². The first-order valence-corrected chi connectivity index (χ1v) is 18.8. The molecule has 3 N–H and O–H groups in total. The maximum atomic E-state index is 13.2. The molecule has 0 heterocycles. The Morgan fingerprint density at radius 2 is 1.50 bits per heavy atom. The average Bonchev–Trinajstić information content (AvgIpc) is 3.37. The van der Waals surface area contributed by atoms with Crippen molar-refractivity contribution in [2.45, 2.75) is 69.8 Å². The third-order valence-corrected chi connectivity index (χ3v) is 13.4. The lowest BCUT2D eigenvalue weighted by Gasteiger charge is -2.42. The fraction of sp³-hybridized carbons (Fsp3) is 0.351. The van der Waals surface area contributed by atoms with Crippen LogP contribution in [0.2, 0.25) is 13.1 Å². The second-order valence-corrected chi connectivity index (χ2v) is 17.4. The number of alkyl carbamates (subject to hydrolysis) is 1. The molecule has 48 heavy (non-hydrogen) atoms. The van der Waals surface area contributed by atoms with Crippen LogP contribution in [0.15, 0.2) is 85.5 Å². The highest BCUT2D eigenvalue weighted by molar-refractivity contribution is 6.74. The van der Waals surface area contributed by atoms with Crippen LogP contribution in [0.5, 0.6) is 0 Å². The first-order chi connectivity index (χ1) is 22.7. The number of carbonyl (C=O) groups excluding carboxylic acids is 3. The Hall–Kier alpha value is -4.74. The van der Waals surface area contributed by atoms with Crippen molar-refractivity contribution in [2.24, 2.45) is 0 Å². The number of amides is 2. The van der Waals surface area contributed by atoms with Gasteiger partial charge in [0.15, 0.2) is 14.4 Å². The van der Waals surface area contributed by atoms with Gasteiger partial charge >= 0.3 is 18.0 Å². The Labute approximate surface area is 282 Å². The minimum atomic E-state index is -2.69. The largest absolute Gasteiger partial charge is 0.481 e. The number of rotatable bonds is 15. The molecule has 0 unspecified atom stereocenters. The van der Waals surface area contributed by atoms with E-state index in [1.807, 2.05) is 61.6 Å². The predicted octanol–water partition coefficient (Wildman–Crippen LogP) is 6.55. The van der Waals surface area contributed by atoms with Crippen molar-refractivity contribution in [3.8, 4) is 11.1 Å². The number of ether oxygens (including phenoxy) is 2. The van der Waals surface area contributed by atoms with Gasteiger partial charge < -0.3 is 29.6 Å². The first kappa shape index (κ1) is 36.1. The molecule has 0 spiro atoms. The van der Waals surface area contributed by atoms with Gasteiger partial charge in [0.1, 0.15) is 13.2 Å². The van der Waals surface area contributed by atoms with Gasteiger partial charge in [0, 0.05) is 23.1 Å². The van der Waals surface area contributed by atoms with Gasteiger partial charge in [0.2, 0.25) is 5.91 Å². The molecule has 3 aromatic carbocycles. The van der Waals surface area contributed by atoms with Crippen LogP contribution in [0.3, 0.4) is 0 Å². The van der Waals surface area contributed by atoms with Crippen molar-refractivity contribution in [3.63, 3.8) is 0 Å². The lowest BCUT2D eigenvalue weighted by Crippen LogP contribution is -2.57. The SMILES string of the molecule is C=CCOC(=O)[C@@H](NC(=O)OCC1c2ccccc2-c2ccccc21)[C@@H](C)O[Si](C)(C)C(C)(C)c1ccc(NC(=O)CCC(=O)O)cc1. The molecule has 4 rings (SSSR count). The number of carboxylic acid groups (broad SMARTS) is 1. The number of aliphatic carboxylic acids is 1. The van der Waals surface area contributed by atoms with E-state index >= 15 is 0 Å². The highest BCUT2D eigenvalue weighted by Gasteiger charge is 2.45. The van der Waals surface area contributed by atoms with Crippen LogP contribution in [0.1, 0.15) is 56.2 Å².